The van der Waals surface area contributed by atoms with Crippen molar-refractivity contribution < 1.29 is 4.74 Å². The van der Waals surface area contributed by atoms with Gasteiger partial charge in [0.15, 0.2) is 0 Å². The molecule has 3 heterocycles. The summed E-state index contributed by atoms with van der Waals surface area (Å²) in [5.41, 5.74) is 6.79. The Kier molecular flexibility index (Phi) is 6.13. The predicted octanol–water partition coefficient (Wildman–Crippen LogP) is 13.0. The van der Waals surface area contributed by atoms with E-state index in [2.05, 4.69) is 161 Å². The van der Waals surface area contributed by atoms with E-state index in [-0.39, 0.29) is 0 Å². The maximum atomic E-state index is 5.81. The standard InChI is InChI=1S/C43H28N2OS2/c1-46-30-20-21-36-35(26-30)43-37(14-9-15-38(43)45(36)29-19-23-42-34(25-29)32-13-6-8-17-40(32)48-42)44(27-10-3-2-4-11-27)28-18-22-41-33(24-28)31-12-5-7-16-39(31)47-41/h2-26H,1H3. The molecular formula is C43H28N2OS2. The van der Waals surface area contributed by atoms with E-state index < -0.39 is 0 Å². The summed E-state index contributed by atoms with van der Waals surface area (Å²) in [6.45, 7) is 0. The molecule has 0 amide bonds. The quantitative estimate of drug-likeness (QED) is 0.184. The number of para-hydroxylation sites is 1. The van der Waals surface area contributed by atoms with Crippen LogP contribution >= 0.6 is 22.7 Å². The highest BCUT2D eigenvalue weighted by Gasteiger charge is 2.22. The van der Waals surface area contributed by atoms with E-state index in [9.17, 15) is 0 Å². The zero-order valence-electron chi connectivity index (χ0n) is 26.1. The first-order valence-electron chi connectivity index (χ1n) is 16.0. The van der Waals surface area contributed by atoms with Gasteiger partial charge in [-0.05, 0) is 91.0 Å². The normalized spacial score (nSPS) is 11.9. The molecule has 0 aliphatic rings. The number of rotatable bonds is 5. The number of ether oxygens (including phenoxy) is 1. The van der Waals surface area contributed by atoms with Crippen LogP contribution in [-0.2, 0) is 0 Å². The van der Waals surface area contributed by atoms with Crippen LogP contribution in [0.5, 0.6) is 5.75 Å². The van der Waals surface area contributed by atoms with Gasteiger partial charge in [-0.1, -0.05) is 60.7 Å². The summed E-state index contributed by atoms with van der Waals surface area (Å²) in [6.07, 6.45) is 0. The molecule has 0 radical (unpaired) electrons. The fourth-order valence-corrected chi connectivity index (χ4v) is 9.51. The second-order valence-corrected chi connectivity index (χ2v) is 14.3. The molecule has 0 fully saturated rings. The molecule has 0 spiro atoms. The van der Waals surface area contributed by atoms with Crippen molar-refractivity contribution >= 4 is 102 Å². The fourth-order valence-electron chi connectivity index (χ4n) is 7.33. The molecule has 0 unspecified atom stereocenters. The SMILES string of the molecule is COc1ccc2c(c1)c1c(N(c3ccccc3)c3ccc4sc5ccccc5c4c3)cccc1n2-c1ccc2sc3ccccc3c2c1. The highest BCUT2D eigenvalue weighted by atomic mass is 32.1. The van der Waals surface area contributed by atoms with E-state index in [0.29, 0.717) is 0 Å². The third-order valence-electron chi connectivity index (χ3n) is 9.47. The first-order valence-corrected chi connectivity index (χ1v) is 17.7. The molecule has 7 aromatic carbocycles. The van der Waals surface area contributed by atoms with Crippen LogP contribution in [0.25, 0.3) is 67.8 Å². The lowest BCUT2D eigenvalue weighted by Crippen LogP contribution is -2.10. The lowest BCUT2D eigenvalue weighted by atomic mass is 10.1. The maximum absolute atomic E-state index is 5.81. The Balaban J connectivity index is 1.28. The van der Waals surface area contributed by atoms with Crippen LogP contribution in [-0.4, -0.2) is 11.7 Å². The average molecular weight is 653 g/mol. The molecule has 0 saturated carbocycles. The summed E-state index contributed by atoms with van der Waals surface area (Å²) in [5.74, 6) is 0.841. The molecule has 10 rings (SSSR count). The molecule has 0 saturated heterocycles. The third kappa shape index (κ3) is 4.11. The Labute approximate surface area is 285 Å². The number of nitrogens with zero attached hydrogens (tertiary/aromatic N) is 2. The summed E-state index contributed by atoms with van der Waals surface area (Å²) in [4.78, 5) is 2.41. The van der Waals surface area contributed by atoms with Gasteiger partial charge < -0.3 is 14.2 Å². The first kappa shape index (κ1) is 27.5. The van der Waals surface area contributed by atoms with Gasteiger partial charge in [0, 0.05) is 68.2 Å². The van der Waals surface area contributed by atoms with E-state index in [1.807, 2.05) is 22.7 Å². The fraction of sp³-hybridized carbons (Fsp3) is 0.0233. The van der Waals surface area contributed by atoms with Crippen molar-refractivity contribution in [3.63, 3.8) is 0 Å². The number of fused-ring (bicyclic) bond motifs is 9. The molecule has 0 N–H and O–H groups in total. The van der Waals surface area contributed by atoms with Gasteiger partial charge in [-0.3, -0.25) is 0 Å². The van der Waals surface area contributed by atoms with Crippen molar-refractivity contribution in [3.8, 4) is 11.4 Å². The van der Waals surface area contributed by atoms with Gasteiger partial charge in [-0.25, -0.2) is 0 Å². The van der Waals surface area contributed by atoms with Crippen LogP contribution in [0.2, 0.25) is 0 Å². The summed E-state index contributed by atoms with van der Waals surface area (Å²) in [5, 5.41) is 7.49. The molecule has 228 valence electrons. The zero-order valence-corrected chi connectivity index (χ0v) is 27.7. The van der Waals surface area contributed by atoms with Crippen molar-refractivity contribution in [1.82, 2.24) is 4.57 Å². The second kappa shape index (κ2) is 10.7. The van der Waals surface area contributed by atoms with Gasteiger partial charge in [0.25, 0.3) is 0 Å². The Morgan fingerprint density at radius 1 is 0.479 bits per heavy atom. The minimum absolute atomic E-state index is 0.841. The summed E-state index contributed by atoms with van der Waals surface area (Å²) < 4.78 is 13.4. The number of benzene rings is 7. The summed E-state index contributed by atoms with van der Waals surface area (Å²) >= 11 is 3.70. The molecule has 0 atom stereocenters. The van der Waals surface area contributed by atoms with Crippen LogP contribution < -0.4 is 9.64 Å². The van der Waals surface area contributed by atoms with E-state index in [4.69, 9.17) is 4.74 Å². The Bertz CT molecular complexity index is 2840. The van der Waals surface area contributed by atoms with Crippen molar-refractivity contribution in [2.75, 3.05) is 12.0 Å². The van der Waals surface area contributed by atoms with Gasteiger partial charge >= 0.3 is 0 Å². The lowest BCUT2D eigenvalue weighted by Gasteiger charge is -2.26. The Hall–Kier alpha value is -5.62. The molecular weight excluding hydrogens is 625 g/mol. The molecule has 10 aromatic rings. The van der Waals surface area contributed by atoms with Crippen LogP contribution in [0.4, 0.5) is 17.1 Å². The minimum atomic E-state index is 0.841. The van der Waals surface area contributed by atoms with Crippen molar-refractivity contribution in [2.45, 2.75) is 0 Å². The van der Waals surface area contributed by atoms with E-state index in [1.165, 1.54) is 45.7 Å². The highest BCUT2D eigenvalue weighted by molar-refractivity contribution is 7.26. The number of anilines is 3. The average Bonchev–Trinajstić information content (AvgIpc) is 3.81. The molecule has 0 bridgehead atoms. The molecule has 0 aliphatic carbocycles. The smallest absolute Gasteiger partial charge is 0.119 e. The predicted molar refractivity (Wildman–Crippen MR) is 208 cm³/mol. The minimum Gasteiger partial charge on any atom is -0.497 e. The van der Waals surface area contributed by atoms with Crippen molar-refractivity contribution in [3.05, 3.63) is 152 Å². The number of hydrogen-bond acceptors (Lipinski definition) is 4. The van der Waals surface area contributed by atoms with Gasteiger partial charge in [0.1, 0.15) is 5.75 Å². The van der Waals surface area contributed by atoms with E-state index in [1.54, 1.807) is 7.11 Å². The Morgan fingerprint density at radius 2 is 1.15 bits per heavy atom. The zero-order chi connectivity index (χ0) is 31.8. The number of thiophene rings is 2. The molecule has 0 aliphatic heterocycles. The largest absolute Gasteiger partial charge is 0.497 e. The van der Waals surface area contributed by atoms with E-state index >= 15 is 0 Å². The highest BCUT2D eigenvalue weighted by Crippen LogP contribution is 2.46. The summed E-state index contributed by atoms with van der Waals surface area (Å²) in [7, 11) is 1.74. The second-order valence-electron chi connectivity index (χ2n) is 12.1. The van der Waals surface area contributed by atoms with E-state index in [0.717, 1.165) is 44.9 Å². The topological polar surface area (TPSA) is 17.4 Å². The van der Waals surface area contributed by atoms with Crippen molar-refractivity contribution in [2.24, 2.45) is 0 Å². The van der Waals surface area contributed by atoms with Crippen LogP contribution in [0.15, 0.2) is 152 Å². The van der Waals surface area contributed by atoms with Crippen LogP contribution in [0.3, 0.4) is 0 Å². The summed E-state index contributed by atoms with van der Waals surface area (Å²) in [6, 6.07) is 55.1. The lowest BCUT2D eigenvalue weighted by molar-refractivity contribution is 0.415. The van der Waals surface area contributed by atoms with Crippen LogP contribution in [0.1, 0.15) is 0 Å². The van der Waals surface area contributed by atoms with Gasteiger partial charge in [-0.2, -0.15) is 0 Å². The number of hydrogen-bond donors (Lipinski definition) is 0. The van der Waals surface area contributed by atoms with Gasteiger partial charge in [0.05, 0.1) is 23.8 Å². The Morgan fingerprint density at radius 3 is 1.90 bits per heavy atom. The van der Waals surface area contributed by atoms with Gasteiger partial charge in [-0.15, -0.1) is 22.7 Å². The first-order chi connectivity index (χ1) is 23.7. The van der Waals surface area contributed by atoms with Crippen LogP contribution in [0, 0.1) is 0 Å². The number of aromatic nitrogens is 1. The number of methoxy groups -OCH3 is 1. The molecule has 3 aromatic heterocycles. The molecule has 48 heavy (non-hydrogen) atoms. The maximum Gasteiger partial charge on any atom is 0.119 e. The van der Waals surface area contributed by atoms with Crippen molar-refractivity contribution in [1.29, 1.82) is 0 Å². The monoisotopic (exact) mass is 652 g/mol. The third-order valence-corrected chi connectivity index (χ3v) is 11.8. The molecule has 3 nitrogen and oxygen atoms in total. The molecule has 5 heteroatoms. The van der Waals surface area contributed by atoms with Gasteiger partial charge in [0.2, 0.25) is 0 Å².